The van der Waals surface area contributed by atoms with Gasteiger partial charge in [-0.1, -0.05) is 12.1 Å². The molecule has 24 heavy (non-hydrogen) atoms. The molecule has 0 aliphatic carbocycles. The maximum Gasteiger partial charge on any atom is 0.188 e. The molecule has 2 heterocycles. The van der Waals surface area contributed by atoms with Crippen molar-refractivity contribution in [1.82, 2.24) is 15.0 Å². The monoisotopic (exact) mass is 363 g/mol. The minimum Gasteiger partial charge on any atom is -0.237 e. The number of halogens is 1. The number of benzene rings is 1. The molecular weight excluding hydrogens is 349 g/mol. The Balaban J connectivity index is 1.80. The largest absolute Gasteiger partial charge is 0.237 e. The molecule has 124 valence electrons. The van der Waals surface area contributed by atoms with Crippen molar-refractivity contribution in [3.05, 3.63) is 65.2 Å². The predicted octanol–water partition coefficient (Wildman–Crippen LogP) is 3.42. The average Bonchev–Trinajstić information content (AvgIpc) is 3.03. The summed E-state index contributed by atoms with van der Waals surface area (Å²) in [7, 11) is -3.47. The molecule has 0 fully saturated rings. The Morgan fingerprint density at radius 3 is 2.50 bits per heavy atom. The first kappa shape index (κ1) is 16.7. The Morgan fingerprint density at radius 2 is 1.83 bits per heavy atom. The van der Waals surface area contributed by atoms with Crippen LogP contribution in [0.1, 0.15) is 23.4 Å². The van der Waals surface area contributed by atoms with Gasteiger partial charge in [0.1, 0.15) is 5.82 Å². The number of hydrogen-bond acceptors (Lipinski definition) is 6. The van der Waals surface area contributed by atoms with Gasteiger partial charge in [-0.15, -0.1) is 11.3 Å². The summed E-state index contributed by atoms with van der Waals surface area (Å²) in [6.07, 6.45) is 3.22. The molecule has 0 saturated heterocycles. The average molecular weight is 363 g/mol. The lowest BCUT2D eigenvalue weighted by Crippen LogP contribution is -2.13. The lowest BCUT2D eigenvalue weighted by Gasteiger charge is -2.12. The molecule has 0 amide bonds. The summed E-state index contributed by atoms with van der Waals surface area (Å²) in [6.45, 7) is 1.59. The van der Waals surface area contributed by atoms with Crippen LogP contribution in [0.5, 0.6) is 0 Å². The molecule has 0 saturated carbocycles. The second-order valence-corrected chi connectivity index (χ2v) is 8.40. The minimum absolute atomic E-state index is 0.186. The van der Waals surface area contributed by atoms with Crippen molar-refractivity contribution >= 4 is 21.2 Å². The fraction of sp³-hybridized carbons (Fsp3) is 0.188. The first-order valence-corrected chi connectivity index (χ1v) is 9.74. The molecule has 8 heteroatoms. The van der Waals surface area contributed by atoms with Crippen LogP contribution in [0.3, 0.4) is 0 Å². The summed E-state index contributed by atoms with van der Waals surface area (Å²) < 4.78 is 38.1. The Morgan fingerprint density at radius 1 is 1.17 bits per heavy atom. The van der Waals surface area contributed by atoms with E-state index in [0.717, 1.165) is 0 Å². The third-order valence-electron chi connectivity index (χ3n) is 3.54. The van der Waals surface area contributed by atoms with Crippen molar-refractivity contribution in [3.8, 4) is 10.8 Å². The highest BCUT2D eigenvalue weighted by Gasteiger charge is 2.24. The van der Waals surface area contributed by atoms with E-state index in [1.165, 1.54) is 35.6 Å². The van der Waals surface area contributed by atoms with E-state index >= 15 is 0 Å². The van der Waals surface area contributed by atoms with Gasteiger partial charge < -0.3 is 0 Å². The van der Waals surface area contributed by atoms with Crippen molar-refractivity contribution in [3.63, 3.8) is 0 Å². The SMILES string of the molecule is C[C@@H](c1ccc(F)cc1)S(=O)(=O)Cc1csc(-c2ncccn2)n1. The zero-order valence-corrected chi connectivity index (χ0v) is 14.4. The van der Waals surface area contributed by atoms with E-state index < -0.39 is 20.9 Å². The summed E-state index contributed by atoms with van der Waals surface area (Å²) >= 11 is 1.30. The topological polar surface area (TPSA) is 72.8 Å². The van der Waals surface area contributed by atoms with Gasteiger partial charge in [0.2, 0.25) is 0 Å². The van der Waals surface area contributed by atoms with Gasteiger partial charge in [-0.2, -0.15) is 0 Å². The Labute approximate surface area is 143 Å². The van der Waals surface area contributed by atoms with Gasteiger partial charge >= 0.3 is 0 Å². The van der Waals surface area contributed by atoms with Crippen molar-refractivity contribution in [2.24, 2.45) is 0 Å². The molecule has 5 nitrogen and oxygen atoms in total. The van der Waals surface area contributed by atoms with Crippen molar-refractivity contribution in [2.45, 2.75) is 17.9 Å². The highest BCUT2D eigenvalue weighted by atomic mass is 32.2. The zero-order valence-electron chi connectivity index (χ0n) is 12.8. The molecule has 0 aliphatic rings. The molecule has 0 aliphatic heterocycles. The van der Waals surface area contributed by atoms with Crippen LogP contribution in [0.25, 0.3) is 10.8 Å². The van der Waals surface area contributed by atoms with Crippen LogP contribution in [-0.2, 0) is 15.6 Å². The number of rotatable bonds is 5. The normalized spacial score (nSPS) is 12.9. The third kappa shape index (κ3) is 3.65. The van der Waals surface area contributed by atoms with E-state index in [4.69, 9.17) is 0 Å². The Bertz CT molecular complexity index is 925. The van der Waals surface area contributed by atoms with Gasteiger partial charge in [-0.05, 0) is 30.7 Å². The smallest absolute Gasteiger partial charge is 0.188 e. The van der Waals surface area contributed by atoms with E-state index in [1.807, 2.05) is 0 Å². The second kappa shape index (κ2) is 6.74. The number of nitrogens with zero attached hydrogens (tertiary/aromatic N) is 3. The van der Waals surface area contributed by atoms with Crippen LogP contribution >= 0.6 is 11.3 Å². The Hall–Kier alpha value is -2.19. The number of hydrogen-bond donors (Lipinski definition) is 0. The molecule has 0 spiro atoms. The van der Waals surface area contributed by atoms with Crippen LogP contribution in [0.2, 0.25) is 0 Å². The van der Waals surface area contributed by atoms with Gasteiger partial charge in [-0.25, -0.2) is 27.8 Å². The predicted molar refractivity (Wildman–Crippen MR) is 90.6 cm³/mol. The molecule has 0 N–H and O–H groups in total. The third-order valence-corrected chi connectivity index (χ3v) is 6.47. The second-order valence-electron chi connectivity index (χ2n) is 5.22. The van der Waals surface area contributed by atoms with Crippen molar-refractivity contribution < 1.29 is 12.8 Å². The van der Waals surface area contributed by atoms with Crippen molar-refractivity contribution in [2.75, 3.05) is 0 Å². The van der Waals surface area contributed by atoms with Gasteiger partial charge in [0, 0.05) is 17.8 Å². The molecule has 0 bridgehead atoms. The van der Waals surface area contributed by atoms with E-state index in [2.05, 4.69) is 15.0 Å². The maximum atomic E-state index is 13.0. The van der Waals surface area contributed by atoms with E-state index in [0.29, 0.717) is 22.1 Å². The molecule has 1 atom stereocenters. The first-order valence-electron chi connectivity index (χ1n) is 7.14. The van der Waals surface area contributed by atoms with Crippen LogP contribution in [-0.4, -0.2) is 23.4 Å². The molecule has 0 unspecified atom stereocenters. The summed E-state index contributed by atoms with van der Waals surface area (Å²) in [5.74, 6) is -0.109. The lowest BCUT2D eigenvalue weighted by atomic mass is 10.2. The highest BCUT2D eigenvalue weighted by Crippen LogP contribution is 2.27. The summed E-state index contributed by atoms with van der Waals surface area (Å²) in [6, 6.07) is 7.20. The van der Waals surface area contributed by atoms with Gasteiger partial charge in [0.25, 0.3) is 0 Å². The summed E-state index contributed by atoms with van der Waals surface area (Å²) in [5.41, 5.74) is 1.01. The highest BCUT2D eigenvalue weighted by molar-refractivity contribution is 7.90. The summed E-state index contributed by atoms with van der Waals surface area (Å²) in [5, 5.41) is 1.53. The van der Waals surface area contributed by atoms with Crippen LogP contribution in [0.4, 0.5) is 4.39 Å². The quantitative estimate of drug-likeness (QED) is 0.694. The van der Waals surface area contributed by atoms with Crippen LogP contribution in [0, 0.1) is 5.82 Å². The fourth-order valence-corrected chi connectivity index (χ4v) is 4.41. The molecular formula is C16H14FN3O2S2. The Kier molecular flexibility index (Phi) is 4.68. The van der Waals surface area contributed by atoms with E-state index in [9.17, 15) is 12.8 Å². The van der Waals surface area contributed by atoms with E-state index in [1.54, 1.807) is 30.8 Å². The van der Waals surface area contributed by atoms with E-state index in [-0.39, 0.29) is 5.75 Å². The first-order chi connectivity index (χ1) is 11.5. The van der Waals surface area contributed by atoms with Crippen LogP contribution < -0.4 is 0 Å². The fourth-order valence-electron chi connectivity index (χ4n) is 2.16. The molecule has 3 rings (SSSR count). The maximum absolute atomic E-state index is 13.0. The molecule has 2 aromatic heterocycles. The van der Waals surface area contributed by atoms with Crippen LogP contribution in [0.15, 0.2) is 48.1 Å². The standard InChI is InChI=1S/C16H14FN3O2S2/c1-11(12-3-5-13(17)6-4-12)24(21,22)10-14-9-23-16(20-14)15-18-7-2-8-19-15/h2-9,11H,10H2,1H3/t11-/m0/s1. The number of thiazole rings is 1. The van der Waals surface area contributed by atoms with Gasteiger partial charge in [0.15, 0.2) is 20.7 Å². The molecule has 3 aromatic rings. The minimum atomic E-state index is -3.47. The van der Waals surface area contributed by atoms with Gasteiger partial charge in [-0.3, -0.25) is 0 Å². The number of aromatic nitrogens is 3. The van der Waals surface area contributed by atoms with Crippen molar-refractivity contribution in [1.29, 1.82) is 0 Å². The molecule has 1 aromatic carbocycles. The lowest BCUT2D eigenvalue weighted by molar-refractivity contribution is 0.584. The molecule has 0 radical (unpaired) electrons. The van der Waals surface area contributed by atoms with Gasteiger partial charge in [0.05, 0.1) is 16.7 Å². The zero-order chi connectivity index (χ0) is 17.2. The number of sulfone groups is 1. The summed E-state index contributed by atoms with van der Waals surface area (Å²) in [4.78, 5) is 12.5.